The van der Waals surface area contributed by atoms with Gasteiger partial charge in [0.1, 0.15) is 0 Å². The minimum absolute atomic E-state index is 0.338. The van der Waals surface area contributed by atoms with Gasteiger partial charge in [-0.1, -0.05) is 41.4 Å². The largest absolute Gasteiger partial charge is 0.468 e. The zero-order chi connectivity index (χ0) is 16.3. The van der Waals surface area contributed by atoms with Crippen LogP contribution in [-0.2, 0) is 19.1 Å². The first kappa shape index (κ1) is 16.6. The monoisotopic (exact) mass is 322 g/mol. The van der Waals surface area contributed by atoms with Gasteiger partial charge >= 0.3 is 11.9 Å². The fourth-order valence-corrected chi connectivity index (χ4v) is 3.30. The number of ether oxygens (including phenoxy) is 2. The van der Waals surface area contributed by atoms with Gasteiger partial charge in [-0.15, -0.1) is 0 Å². The number of rotatable bonds is 3. The molecule has 0 fully saturated rings. The van der Waals surface area contributed by atoms with Crippen molar-refractivity contribution in [1.29, 1.82) is 0 Å². The predicted octanol–water partition coefficient (Wildman–Crippen LogP) is 3.50. The molecule has 1 unspecified atom stereocenters. The van der Waals surface area contributed by atoms with Crippen LogP contribution in [-0.4, -0.2) is 26.2 Å². The highest BCUT2D eigenvalue weighted by Crippen LogP contribution is 2.49. The van der Waals surface area contributed by atoms with Gasteiger partial charge in [-0.05, 0) is 31.4 Å². The molecule has 1 aliphatic carbocycles. The number of halogens is 1. The van der Waals surface area contributed by atoms with E-state index in [9.17, 15) is 9.59 Å². The molecule has 0 aromatic heterocycles. The number of benzene rings is 1. The van der Waals surface area contributed by atoms with Gasteiger partial charge in [-0.2, -0.15) is 0 Å². The van der Waals surface area contributed by atoms with Gasteiger partial charge in [0.2, 0.25) is 0 Å². The Kier molecular flexibility index (Phi) is 4.91. The number of methoxy groups -OCH3 is 2. The van der Waals surface area contributed by atoms with Crippen LogP contribution >= 0.6 is 11.6 Å². The summed E-state index contributed by atoms with van der Waals surface area (Å²) >= 11 is 6.29. The van der Waals surface area contributed by atoms with E-state index >= 15 is 0 Å². The molecule has 22 heavy (non-hydrogen) atoms. The van der Waals surface area contributed by atoms with Crippen molar-refractivity contribution >= 4 is 23.5 Å². The van der Waals surface area contributed by atoms with Crippen molar-refractivity contribution in [3.8, 4) is 0 Å². The van der Waals surface area contributed by atoms with E-state index in [0.717, 1.165) is 11.1 Å². The topological polar surface area (TPSA) is 52.6 Å². The third kappa shape index (κ3) is 2.63. The number of carbonyl (C=O) groups excluding carboxylic acids is 2. The molecule has 0 spiro atoms. The first-order valence-corrected chi connectivity index (χ1v) is 7.43. The van der Waals surface area contributed by atoms with Gasteiger partial charge in [-0.25, -0.2) is 0 Å². The van der Waals surface area contributed by atoms with Crippen LogP contribution in [0.1, 0.15) is 31.2 Å². The first-order valence-electron chi connectivity index (χ1n) is 7.06. The lowest BCUT2D eigenvalue weighted by Crippen LogP contribution is -2.47. The summed E-state index contributed by atoms with van der Waals surface area (Å²) in [5, 5.41) is 0.510. The average Bonchev–Trinajstić information content (AvgIpc) is 2.54. The molecule has 5 heteroatoms. The standard InChI is InChI=1S/C17H19ClO4/c1-11-8-9-17(15(19)21-2,16(20)22-3)13(10-11)12-6-4-5-7-14(12)18/h4-7,10,13H,8-9H2,1-3H3. The summed E-state index contributed by atoms with van der Waals surface area (Å²) in [4.78, 5) is 25.0. The lowest BCUT2D eigenvalue weighted by Gasteiger charge is -2.38. The highest BCUT2D eigenvalue weighted by atomic mass is 35.5. The molecule has 2 rings (SSSR count). The van der Waals surface area contributed by atoms with Crippen LogP contribution in [0, 0.1) is 5.41 Å². The molecule has 0 radical (unpaired) electrons. The molecule has 0 saturated heterocycles. The number of allylic oxidation sites excluding steroid dienone is 2. The van der Waals surface area contributed by atoms with E-state index < -0.39 is 23.3 Å². The van der Waals surface area contributed by atoms with Crippen molar-refractivity contribution < 1.29 is 19.1 Å². The minimum Gasteiger partial charge on any atom is -0.468 e. The lowest BCUT2D eigenvalue weighted by atomic mass is 9.65. The van der Waals surface area contributed by atoms with Gasteiger partial charge in [0.25, 0.3) is 0 Å². The summed E-state index contributed by atoms with van der Waals surface area (Å²) < 4.78 is 9.86. The van der Waals surface area contributed by atoms with E-state index in [1.807, 2.05) is 31.2 Å². The second-order valence-corrected chi connectivity index (χ2v) is 5.87. The molecular weight excluding hydrogens is 304 g/mol. The summed E-state index contributed by atoms with van der Waals surface area (Å²) in [6.07, 6.45) is 2.88. The zero-order valence-corrected chi connectivity index (χ0v) is 13.6. The van der Waals surface area contributed by atoms with E-state index in [1.54, 1.807) is 6.07 Å². The molecule has 0 amide bonds. The van der Waals surface area contributed by atoms with Crippen molar-refractivity contribution in [3.05, 3.63) is 46.5 Å². The van der Waals surface area contributed by atoms with E-state index in [1.165, 1.54) is 14.2 Å². The number of esters is 2. The molecule has 1 aromatic carbocycles. The Labute approximate surface area is 135 Å². The third-order valence-corrected chi connectivity index (χ3v) is 4.58. The second kappa shape index (κ2) is 6.53. The average molecular weight is 323 g/mol. The van der Waals surface area contributed by atoms with Crippen molar-refractivity contribution in [3.63, 3.8) is 0 Å². The van der Waals surface area contributed by atoms with Gasteiger partial charge in [-0.3, -0.25) is 9.59 Å². The van der Waals surface area contributed by atoms with Crippen molar-refractivity contribution in [1.82, 2.24) is 0 Å². The third-order valence-electron chi connectivity index (χ3n) is 4.24. The molecule has 0 saturated carbocycles. The fourth-order valence-electron chi connectivity index (χ4n) is 3.05. The molecule has 0 N–H and O–H groups in total. The first-order chi connectivity index (χ1) is 10.5. The molecule has 0 heterocycles. The van der Waals surface area contributed by atoms with Gasteiger partial charge in [0.05, 0.1) is 14.2 Å². The zero-order valence-electron chi connectivity index (χ0n) is 12.9. The molecule has 0 aliphatic heterocycles. The Morgan fingerprint density at radius 1 is 1.18 bits per heavy atom. The highest BCUT2D eigenvalue weighted by Gasteiger charge is 2.55. The Bertz CT molecular complexity index is 605. The highest BCUT2D eigenvalue weighted by molar-refractivity contribution is 6.31. The Morgan fingerprint density at radius 3 is 2.32 bits per heavy atom. The maximum atomic E-state index is 12.5. The normalized spacial score (nSPS) is 20.0. The number of hydrogen-bond acceptors (Lipinski definition) is 4. The molecular formula is C17H19ClO4. The maximum absolute atomic E-state index is 12.5. The summed E-state index contributed by atoms with van der Waals surface area (Å²) in [5.74, 6) is -1.68. The Balaban J connectivity index is 2.67. The molecule has 1 aromatic rings. The van der Waals surface area contributed by atoms with Gasteiger partial charge in [0.15, 0.2) is 5.41 Å². The van der Waals surface area contributed by atoms with Crippen LogP contribution in [0.3, 0.4) is 0 Å². The van der Waals surface area contributed by atoms with E-state index in [4.69, 9.17) is 21.1 Å². The van der Waals surface area contributed by atoms with E-state index in [-0.39, 0.29) is 0 Å². The summed E-state index contributed by atoms with van der Waals surface area (Å²) in [6, 6.07) is 7.21. The molecule has 0 bridgehead atoms. The van der Waals surface area contributed by atoms with Crippen molar-refractivity contribution in [2.75, 3.05) is 14.2 Å². The Hall–Kier alpha value is -1.81. The molecule has 4 nitrogen and oxygen atoms in total. The predicted molar refractivity (Wildman–Crippen MR) is 83.6 cm³/mol. The van der Waals surface area contributed by atoms with Crippen molar-refractivity contribution in [2.45, 2.75) is 25.7 Å². The summed E-state index contributed by atoms with van der Waals surface area (Å²) in [6.45, 7) is 1.97. The molecule has 1 atom stereocenters. The van der Waals surface area contributed by atoms with E-state index in [2.05, 4.69) is 0 Å². The SMILES string of the molecule is COC(=O)C1(C(=O)OC)CCC(C)=CC1c1ccccc1Cl. The number of carbonyl (C=O) groups is 2. The lowest BCUT2D eigenvalue weighted by molar-refractivity contribution is -0.171. The number of hydrogen-bond donors (Lipinski definition) is 0. The van der Waals surface area contributed by atoms with Crippen LogP contribution in [0.15, 0.2) is 35.9 Å². The van der Waals surface area contributed by atoms with Crippen molar-refractivity contribution in [2.24, 2.45) is 5.41 Å². The van der Waals surface area contributed by atoms with Gasteiger partial charge < -0.3 is 9.47 Å². The molecule has 1 aliphatic rings. The smallest absolute Gasteiger partial charge is 0.324 e. The maximum Gasteiger partial charge on any atom is 0.324 e. The Morgan fingerprint density at radius 2 is 1.77 bits per heavy atom. The molecule has 118 valence electrons. The minimum atomic E-state index is -1.39. The van der Waals surface area contributed by atoms with Crippen LogP contribution in [0.4, 0.5) is 0 Å². The van der Waals surface area contributed by atoms with E-state index in [0.29, 0.717) is 17.9 Å². The second-order valence-electron chi connectivity index (χ2n) is 5.47. The van der Waals surface area contributed by atoms with Crippen LogP contribution in [0.5, 0.6) is 0 Å². The quantitative estimate of drug-likeness (QED) is 0.485. The van der Waals surface area contributed by atoms with Gasteiger partial charge in [0, 0.05) is 10.9 Å². The fraction of sp³-hybridized carbons (Fsp3) is 0.412. The summed E-state index contributed by atoms with van der Waals surface area (Å²) in [5.41, 5.74) is 0.431. The van der Waals surface area contributed by atoms with Crippen LogP contribution in [0.25, 0.3) is 0 Å². The summed E-state index contributed by atoms with van der Waals surface area (Å²) in [7, 11) is 2.56. The van der Waals surface area contributed by atoms with Crippen LogP contribution in [0.2, 0.25) is 5.02 Å². The van der Waals surface area contributed by atoms with Crippen LogP contribution < -0.4 is 0 Å².